The summed E-state index contributed by atoms with van der Waals surface area (Å²) in [6.45, 7) is 1.82. The maximum Gasteiger partial charge on any atom is 0.329 e. The van der Waals surface area contributed by atoms with Crippen molar-refractivity contribution in [1.29, 1.82) is 0 Å². The number of benzene rings is 2. The predicted molar refractivity (Wildman–Crippen MR) is 122 cm³/mol. The summed E-state index contributed by atoms with van der Waals surface area (Å²) < 4.78 is 8.86. The van der Waals surface area contributed by atoms with Gasteiger partial charge < -0.3 is 19.3 Å². The van der Waals surface area contributed by atoms with E-state index >= 15 is 0 Å². The van der Waals surface area contributed by atoms with Gasteiger partial charge in [-0.15, -0.1) is 0 Å². The van der Waals surface area contributed by atoms with Gasteiger partial charge in [-0.1, -0.05) is 30.3 Å². The molecule has 2 aromatic carbocycles. The van der Waals surface area contributed by atoms with Crippen molar-refractivity contribution < 1.29 is 9.84 Å². The van der Waals surface area contributed by atoms with Crippen LogP contribution in [0.5, 0.6) is 5.75 Å². The van der Waals surface area contributed by atoms with E-state index in [0.29, 0.717) is 17.3 Å². The summed E-state index contributed by atoms with van der Waals surface area (Å²) >= 11 is 0. The Balaban J connectivity index is 1.43. The van der Waals surface area contributed by atoms with Crippen molar-refractivity contribution in [3.8, 4) is 5.75 Å². The quantitative estimate of drug-likeness (QED) is 0.477. The number of aliphatic hydroxyl groups is 1. The lowest BCUT2D eigenvalue weighted by Gasteiger charge is -2.20. The van der Waals surface area contributed by atoms with Gasteiger partial charge in [0.05, 0.1) is 6.54 Å². The summed E-state index contributed by atoms with van der Waals surface area (Å²) in [6.07, 6.45) is 1.19. The SMILES string of the molecule is Cn1c(=O)[nH]c(=O)c2c1nc(N1CCCC1)n2C[C@@H](O)COc1ccc2ccccc2c1. The Morgan fingerprint density at radius 1 is 1.12 bits per heavy atom. The molecule has 1 saturated heterocycles. The lowest BCUT2D eigenvalue weighted by molar-refractivity contribution is 0.0937. The highest BCUT2D eigenvalue weighted by Crippen LogP contribution is 2.24. The number of anilines is 1. The summed E-state index contributed by atoms with van der Waals surface area (Å²) in [6, 6.07) is 13.8. The molecule has 1 fully saturated rings. The smallest absolute Gasteiger partial charge is 0.329 e. The average Bonchev–Trinajstić information content (AvgIpc) is 3.44. The second-order valence-corrected chi connectivity index (χ2v) is 8.18. The molecule has 9 nitrogen and oxygen atoms in total. The number of aromatic nitrogens is 4. The molecule has 2 N–H and O–H groups in total. The van der Waals surface area contributed by atoms with Gasteiger partial charge in [0.25, 0.3) is 5.56 Å². The normalized spacial score (nSPS) is 15.0. The van der Waals surface area contributed by atoms with Crippen LogP contribution in [0.4, 0.5) is 5.95 Å². The zero-order chi connectivity index (χ0) is 22.2. The molecular formula is C23H25N5O4. The molecule has 1 aliphatic heterocycles. The average molecular weight is 435 g/mol. The number of rotatable bonds is 6. The van der Waals surface area contributed by atoms with Gasteiger partial charge in [0.1, 0.15) is 18.5 Å². The highest BCUT2D eigenvalue weighted by molar-refractivity contribution is 5.83. The predicted octanol–water partition coefficient (Wildman–Crippen LogP) is 1.62. The zero-order valence-corrected chi connectivity index (χ0v) is 17.8. The molecule has 1 aliphatic rings. The summed E-state index contributed by atoms with van der Waals surface area (Å²) in [5.74, 6) is 1.26. The maximum absolute atomic E-state index is 12.6. The Morgan fingerprint density at radius 2 is 1.88 bits per heavy atom. The zero-order valence-electron chi connectivity index (χ0n) is 17.8. The van der Waals surface area contributed by atoms with Crippen molar-refractivity contribution in [3.63, 3.8) is 0 Å². The molecule has 0 bridgehead atoms. The monoisotopic (exact) mass is 435 g/mol. The summed E-state index contributed by atoms with van der Waals surface area (Å²) in [4.78, 5) is 33.7. The molecule has 0 aliphatic carbocycles. The number of aliphatic hydroxyl groups excluding tert-OH is 1. The number of fused-ring (bicyclic) bond motifs is 2. The Morgan fingerprint density at radius 3 is 2.66 bits per heavy atom. The summed E-state index contributed by atoms with van der Waals surface area (Å²) in [7, 11) is 1.57. The number of aryl methyl sites for hydroxylation is 1. The van der Waals surface area contributed by atoms with Crippen molar-refractivity contribution in [2.24, 2.45) is 7.05 Å². The molecule has 3 heterocycles. The molecule has 166 valence electrons. The highest BCUT2D eigenvalue weighted by Gasteiger charge is 2.25. The van der Waals surface area contributed by atoms with Crippen molar-refractivity contribution in [1.82, 2.24) is 19.1 Å². The molecule has 5 rings (SSSR count). The molecule has 2 aromatic heterocycles. The lowest BCUT2D eigenvalue weighted by Crippen LogP contribution is -2.31. The largest absolute Gasteiger partial charge is 0.491 e. The van der Waals surface area contributed by atoms with E-state index in [9.17, 15) is 14.7 Å². The minimum atomic E-state index is -0.878. The van der Waals surface area contributed by atoms with E-state index in [1.165, 1.54) is 4.57 Å². The molecule has 1 atom stereocenters. The fraction of sp³-hybridized carbons (Fsp3) is 0.348. The van der Waals surface area contributed by atoms with Crippen LogP contribution in [0.15, 0.2) is 52.1 Å². The van der Waals surface area contributed by atoms with Crippen LogP contribution in [0.25, 0.3) is 21.9 Å². The first-order valence-electron chi connectivity index (χ1n) is 10.8. The van der Waals surface area contributed by atoms with Gasteiger partial charge in [0.15, 0.2) is 11.2 Å². The Kier molecular flexibility index (Phi) is 5.18. The van der Waals surface area contributed by atoms with E-state index < -0.39 is 17.4 Å². The van der Waals surface area contributed by atoms with E-state index in [0.717, 1.165) is 36.7 Å². The number of aromatic amines is 1. The van der Waals surface area contributed by atoms with Gasteiger partial charge in [-0.25, -0.2) is 4.79 Å². The van der Waals surface area contributed by atoms with Crippen molar-refractivity contribution in [2.75, 3.05) is 24.6 Å². The minimum absolute atomic E-state index is 0.0567. The first-order chi connectivity index (χ1) is 15.5. The maximum atomic E-state index is 12.6. The van der Waals surface area contributed by atoms with Crippen LogP contribution in [-0.2, 0) is 13.6 Å². The van der Waals surface area contributed by atoms with Crippen LogP contribution < -0.4 is 20.9 Å². The summed E-state index contributed by atoms with van der Waals surface area (Å²) in [5.41, 5.74) is -0.439. The molecule has 0 saturated carbocycles. The Labute approximate surface area is 183 Å². The third-order valence-corrected chi connectivity index (χ3v) is 5.93. The van der Waals surface area contributed by atoms with E-state index in [1.54, 1.807) is 11.6 Å². The number of hydrogen-bond acceptors (Lipinski definition) is 6. The van der Waals surface area contributed by atoms with E-state index in [1.807, 2.05) is 42.5 Å². The standard InChI is InChI=1S/C23H25N5O4/c1-26-20-19(21(30)25-23(26)31)28(22(24-20)27-10-4-5-11-27)13-17(29)14-32-18-9-8-15-6-2-3-7-16(15)12-18/h2-3,6-9,12,17,29H,4-5,10-11,13-14H2,1H3,(H,25,30,31)/t17-/m1/s1. The fourth-order valence-corrected chi connectivity index (χ4v) is 4.27. The number of nitrogens with one attached hydrogen (secondary N) is 1. The van der Waals surface area contributed by atoms with Crippen LogP contribution in [0.1, 0.15) is 12.8 Å². The molecule has 0 radical (unpaired) electrons. The highest BCUT2D eigenvalue weighted by atomic mass is 16.5. The first kappa shape index (κ1) is 20.3. The van der Waals surface area contributed by atoms with E-state index in [4.69, 9.17) is 4.74 Å². The fourth-order valence-electron chi connectivity index (χ4n) is 4.27. The first-order valence-corrected chi connectivity index (χ1v) is 10.8. The molecule has 0 spiro atoms. The number of imidazole rings is 1. The van der Waals surface area contributed by atoms with Crippen LogP contribution in [-0.4, -0.2) is 50.0 Å². The second kappa shape index (κ2) is 8.16. The minimum Gasteiger partial charge on any atom is -0.491 e. The third kappa shape index (κ3) is 3.64. The van der Waals surface area contributed by atoms with Crippen molar-refractivity contribution >= 4 is 27.9 Å². The van der Waals surface area contributed by atoms with Crippen LogP contribution >= 0.6 is 0 Å². The third-order valence-electron chi connectivity index (χ3n) is 5.93. The Hall–Kier alpha value is -3.59. The second-order valence-electron chi connectivity index (χ2n) is 8.18. The van der Waals surface area contributed by atoms with Crippen molar-refractivity contribution in [2.45, 2.75) is 25.5 Å². The Bertz CT molecular complexity index is 1400. The van der Waals surface area contributed by atoms with Gasteiger partial charge in [0.2, 0.25) is 5.95 Å². The molecule has 9 heteroatoms. The van der Waals surface area contributed by atoms with Crippen LogP contribution in [0.3, 0.4) is 0 Å². The molecule has 0 amide bonds. The van der Waals surface area contributed by atoms with Crippen LogP contribution in [0.2, 0.25) is 0 Å². The van der Waals surface area contributed by atoms with Gasteiger partial charge in [-0.2, -0.15) is 4.98 Å². The number of ether oxygens (including phenoxy) is 1. The topological polar surface area (TPSA) is 105 Å². The number of nitrogens with zero attached hydrogens (tertiary/aromatic N) is 4. The number of H-pyrrole nitrogens is 1. The molecule has 0 unspecified atom stereocenters. The lowest BCUT2D eigenvalue weighted by atomic mass is 10.1. The van der Waals surface area contributed by atoms with Crippen LogP contribution in [0, 0.1) is 0 Å². The van der Waals surface area contributed by atoms with Crippen molar-refractivity contribution in [3.05, 3.63) is 63.3 Å². The molecule has 32 heavy (non-hydrogen) atoms. The van der Waals surface area contributed by atoms with Gasteiger partial charge in [-0.05, 0) is 35.7 Å². The number of hydrogen-bond donors (Lipinski definition) is 2. The van der Waals surface area contributed by atoms with E-state index in [2.05, 4.69) is 14.9 Å². The molecular weight excluding hydrogens is 410 g/mol. The summed E-state index contributed by atoms with van der Waals surface area (Å²) in [5, 5.41) is 12.9. The van der Waals surface area contributed by atoms with Gasteiger partial charge in [-0.3, -0.25) is 14.3 Å². The van der Waals surface area contributed by atoms with E-state index in [-0.39, 0.29) is 18.7 Å². The van der Waals surface area contributed by atoms with Gasteiger partial charge >= 0.3 is 5.69 Å². The van der Waals surface area contributed by atoms with Gasteiger partial charge in [0, 0.05) is 20.1 Å². The molecule has 4 aromatic rings.